The number of benzene rings is 2. The number of nitrogens with zero attached hydrogens (tertiary/aromatic N) is 2. The van der Waals surface area contributed by atoms with Crippen molar-refractivity contribution in [3.05, 3.63) is 92.7 Å². The summed E-state index contributed by atoms with van der Waals surface area (Å²) in [5.74, 6) is -0.0848. The minimum Gasteiger partial charge on any atom is -0.330 e. The van der Waals surface area contributed by atoms with E-state index in [9.17, 15) is 9.59 Å². The highest BCUT2D eigenvalue weighted by molar-refractivity contribution is 7.10. The number of thiophene rings is 1. The molecule has 2 heterocycles. The van der Waals surface area contributed by atoms with Crippen molar-refractivity contribution in [1.29, 1.82) is 0 Å². The molecular weight excluding hydrogens is 440 g/mol. The molecule has 0 N–H and O–H groups in total. The first-order chi connectivity index (χ1) is 16.5. The smallest absolute Gasteiger partial charge is 0.254 e. The molecule has 0 radical (unpaired) electrons. The average Bonchev–Trinajstić information content (AvgIpc) is 3.35. The van der Waals surface area contributed by atoms with Gasteiger partial charge < -0.3 is 9.80 Å². The van der Waals surface area contributed by atoms with Gasteiger partial charge in [-0.15, -0.1) is 11.3 Å². The third-order valence-electron chi connectivity index (χ3n) is 6.78. The molecule has 0 saturated carbocycles. The van der Waals surface area contributed by atoms with Crippen LogP contribution >= 0.6 is 11.3 Å². The molecule has 5 heteroatoms. The first-order valence-electron chi connectivity index (χ1n) is 12.3. The van der Waals surface area contributed by atoms with Crippen LogP contribution in [0.1, 0.15) is 70.2 Å². The van der Waals surface area contributed by atoms with Crippen molar-refractivity contribution >= 4 is 23.2 Å². The first-order valence-corrected chi connectivity index (χ1v) is 13.2. The van der Waals surface area contributed by atoms with Crippen molar-refractivity contribution in [1.82, 2.24) is 9.80 Å². The molecule has 0 spiro atoms. The Morgan fingerprint density at radius 3 is 2.50 bits per heavy atom. The van der Waals surface area contributed by atoms with E-state index < -0.39 is 0 Å². The van der Waals surface area contributed by atoms with Gasteiger partial charge in [-0.2, -0.15) is 0 Å². The molecule has 34 heavy (non-hydrogen) atoms. The summed E-state index contributed by atoms with van der Waals surface area (Å²) >= 11 is 1.77. The number of unbranched alkanes of at least 4 members (excludes halogenated alkanes) is 1. The first kappa shape index (κ1) is 24.2. The number of carbonyl (C=O) groups is 2. The summed E-state index contributed by atoms with van der Waals surface area (Å²) < 4.78 is 0. The van der Waals surface area contributed by atoms with E-state index in [0.29, 0.717) is 18.7 Å². The second-order valence-corrected chi connectivity index (χ2v) is 10.0. The van der Waals surface area contributed by atoms with Crippen LogP contribution in [0.4, 0.5) is 0 Å². The van der Waals surface area contributed by atoms with Crippen LogP contribution in [0, 0.1) is 6.92 Å². The quantitative estimate of drug-likeness (QED) is 0.400. The Hall–Kier alpha value is -2.92. The lowest BCUT2D eigenvalue weighted by Gasteiger charge is -2.38. The fourth-order valence-corrected chi connectivity index (χ4v) is 5.68. The SMILES string of the molecule is CCCCc1ccc(C(=O)N(CC)CC(=O)N2CCc3sccc3C2c2ccccc2C)cc1. The number of hydrogen-bond acceptors (Lipinski definition) is 3. The Balaban J connectivity index is 1.54. The van der Waals surface area contributed by atoms with Crippen LogP contribution in [0.2, 0.25) is 0 Å². The van der Waals surface area contributed by atoms with Gasteiger partial charge in [0, 0.05) is 23.5 Å². The molecule has 1 atom stereocenters. The van der Waals surface area contributed by atoms with E-state index >= 15 is 0 Å². The summed E-state index contributed by atoms with van der Waals surface area (Å²) in [6, 6.07) is 18.2. The Morgan fingerprint density at radius 1 is 1.03 bits per heavy atom. The predicted molar refractivity (Wildman–Crippen MR) is 139 cm³/mol. The largest absolute Gasteiger partial charge is 0.330 e. The number of fused-ring (bicyclic) bond motifs is 1. The lowest BCUT2D eigenvalue weighted by molar-refractivity contribution is -0.134. The van der Waals surface area contributed by atoms with Crippen molar-refractivity contribution in [2.24, 2.45) is 0 Å². The van der Waals surface area contributed by atoms with E-state index in [0.717, 1.165) is 31.2 Å². The number of hydrogen-bond donors (Lipinski definition) is 0. The van der Waals surface area contributed by atoms with E-state index in [4.69, 9.17) is 0 Å². The van der Waals surface area contributed by atoms with Crippen molar-refractivity contribution in [2.75, 3.05) is 19.6 Å². The lowest BCUT2D eigenvalue weighted by atomic mass is 9.90. The molecular formula is C29H34N2O2S. The topological polar surface area (TPSA) is 40.6 Å². The van der Waals surface area contributed by atoms with Gasteiger partial charge in [0.25, 0.3) is 5.91 Å². The highest BCUT2D eigenvalue weighted by atomic mass is 32.1. The highest BCUT2D eigenvalue weighted by Crippen LogP contribution is 2.39. The van der Waals surface area contributed by atoms with Gasteiger partial charge in [-0.3, -0.25) is 9.59 Å². The van der Waals surface area contributed by atoms with Gasteiger partial charge in [-0.05, 0) is 78.9 Å². The third kappa shape index (κ3) is 5.10. The monoisotopic (exact) mass is 474 g/mol. The molecule has 0 aliphatic carbocycles. The number of rotatable bonds is 8. The summed E-state index contributed by atoms with van der Waals surface area (Å²) in [5.41, 5.74) is 5.45. The van der Waals surface area contributed by atoms with Crippen LogP contribution in [-0.2, 0) is 17.6 Å². The Labute approximate surface area is 207 Å². The van der Waals surface area contributed by atoms with Gasteiger partial charge in [-0.25, -0.2) is 0 Å². The molecule has 3 aromatic rings. The van der Waals surface area contributed by atoms with Gasteiger partial charge in [0.05, 0.1) is 6.04 Å². The standard InChI is InChI=1S/C29H34N2O2S/c1-4-6-10-22-12-14-23(15-13-22)29(33)30(5-2)20-27(32)31-18-16-26-25(17-19-34-26)28(31)24-11-8-7-9-21(24)3/h7-9,11-15,17,19,28H,4-6,10,16,18,20H2,1-3H3. The number of amides is 2. The number of aryl methyl sites for hydroxylation is 2. The van der Waals surface area contributed by atoms with Crippen LogP contribution in [0.5, 0.6) is 0 Å². The van der Waals surface area contributed by atoms with Crippen LogP contribution in [0.3, 0.4) is 0 Å². The molecule has 4 rings (SSSR count). The van der Waals surface area contributed by atoms with Crippen molar-refractivity contribution in [3.8, 4) is 0 Å². The zero-order chi connectivity index (χ0) is 24.1. The van der Waals surface area contributed by atoms with Crippen LogP contribution in [0.25, 0.3) is 0 Å². The Morgan fingerprint density at radius 2 is 1.79 bits per heavy atom. The maximum Gasteiger partial charge on any atom is 0.254 e. The summed E-state index contributed by atoms with van der Waals surface area (Å²) in [4.78, 5) is 31.9. The van der Waals surface area contributed by atoms with Crippen molar-refractivity contribution in [2.45, 2.75) is 52.5 Å². The van der Waals surface area contributed by atoms with Gasteiger partial charge in [0.2, 0.25) is 5.91 Å². The summed E-state index contributed by atoms with van der Waals surface area (Å²) in [7, 11) is 0. The molecule has 1 unspecified atom stereocenters. The number of carbonyl (C=O) groups excluding carboxylic acids is 2. The molecule has 0 fully saturated rings. The lowest BCUT2D eigenvalue weighted by Crippen LogP contribution is -2.46. The molecule has 1 aliphatic rings. The van der Waals surface area contributed by atoms with E-state index in [1.807, 2.05) is 48.2 Å². The minimum absolute atomic E-state index is 0.000121. The minimum atomic E-state index is -0.102. The van der Waals surface area contributed by atoms with Crippen molar-refractivity contribution in [3.63, 3.8) is 0 Å². The maximum absolute atomic E-state index is 13.6. The maximum atomic E-state index is 13.6. The molecule has 1 aromatic heterocycles. The van der Waals surface area contributed by atoms with E-state index in [1.165, 1.54) is 21.6 Å². The third-order valence-corrected chi connectivity index (χ3v) is 7.78. The zero-order valence-electron chi connectivity index (χ0n) is 20.4. The fraction of sp³-hybridized carbons (Fsp3) is 0.379. The zero-order valence-corrected chi connectivity index (χ0v) is 21.2. The van der Waals surface area contributed by atoms with E-state index in [-0.39, 0.29) is 24.4 Å². The van der Waals surface area contributed by atoms with Gasteiger partial charge in [0.1, 0.15) is 6.54 Å². The molecule has 178 valence electrons. The molecule has 2 amide bonds. The molecule has 0 saturated heterocycles. The van der Waals surface area contributed by atoms with Gasteiger partial charge >= 0.3 is 0 Å². The summed E-state index contributed by atoms with van der Waals surface area (Å²) in [5, 5.41) is 2.12. The van der Waals surface area contributed by atoms with Gasteiger partial charge in [0.15, 0.2) is 0 Å². The second-order valence-electron chi connectivity index (χ2n) is 9.02. The highest BCUT2D eigenvalue weighted by Gasteiger charge is 2.34. The number of likely N-dealkylation sites (N-methyl/N-ethyl adjacent to an activating group) is 1. The fourth-order valence-electron chi connectivity index (χ4n) is 4.77. The second kappa shape index (κ2) is 11.0. The normalized spacial score (nSPS) is 15.1. The van der Waals surface area contributed by atoms with E-state index in [2.05, 4.69) is 37.4 Å². The molecule has 1 aliphatic heterocycles. The van der Waals surface area contributed by atoms with Crippen molar-refractivity contribution < 1.29 is 9.59 Å². The Bertz CT molecular complexity index is 1140. The Kier molecular flexibility index (Phi) is 7.84. The van der Waals surface area contributed by atoms with Crippen LogP contribution in [-0.4, -0.2) is 41.2 Å². The molecule has 4 nitrogen and oxygen atoms in total. The van der Waals surface area contributed by atoms with Crippen LogP contribution < -0.4 is 0 Å². The average molecular weight is 475 g/mol. The summed E-state index contributed by atoms with van der Waals surface area (Å²) in [6.45, 7) is 7.48. The molecule has 0 bridgehead atoms. The van der Waals surface area contributed by atoms with E-state index in [1.54, 1.807) is 16.2 Å². The van der Waals surface area contributed by atoms with Gasteiger partial charge in [-0.1, -0.05) is 49.7 Å². The predicted octanol–water partition coefficient (Wildman–Crippen LogP) is 6.04. The van der Waals surface area contributed by atoms with Crippen LogP contribution in [0.15, 0.2) is 60.0 Å². The molecule has 2 aromatic carbocycles. The summed E-state index contributed by atoms with van der Waals surface area (Å²) in [6.07, 6.45) is 4.19.